The van der Waals surface area contributed by atoms with Crippen molar-refractivity contribution in [1.29, 1.82) is 0 Å². The predicted octanol–water partition coefficient (Wildman–Crippen LogP) is 1.28. The Morgan fingerprint density at radius 2 is 2.41 bits per heavy atom. The third-order valence-electron chi connectivity index (χ3n) is 2.50. The van der Waals surface area contributed by atoms with Gasteiger partial charge in [-0.15, -0.1) is 11.3 Å². The molecule has 1 N–H and O–H groups in total. The van der Waals surface area contributed by atoms with Crippen LogP contribution in [0.25, 0.3) is 11.5 Å². The van der Waals surface area contributed by atoms with Gasteiger partial charge in [-0.05, 0) is 11.4 Å². The lowest BCUT2D eigenvalue weighted by atomic mass is 10.4. The second-order valence-electron chi connectivity index (χ2n) is 4.09. The van der Waals surface area contributed by atoms with Crippen LogP contribution in [0.1, 0.15) is 10.8 Å². The summed E-state index contributed by atoms with van der Waals surface area (Å²) in [5.41, 5.74) is 2.88. The number of hydrogen-bond acceptors (Lipinski definition) is 8. The summed E-state index contributed by atoms with van der Waals surface area (Å²) in [7, 11) is 0. The smallest absolute Gasteiger partial charge is 0.249 e. The molecule has 9 heteroatoms. The second-order valence-corrected chi connectivity index (χ2v) is 5.07. The first-order chi connectivity index (χ1) is 10.8. The summed E-state index contributed by atoms with van der Waals surface area (Å²) >= 11 is 1.53. The number of nitrogens with zero attached hydrogens (tertiary/aromatic N) is 5. The molecule has 0 unspecified atom stereocenters. The van der Waals surface area contributed by atoms with Gasteiger partial charge in [-0.1, -0.05) is 11.2 Å². The number of nitrogens with one attached hydrogen (secondary N) is 1. The molecule has 0 fully saturated rings. The second kappa shape index (κ2) is 6.68. The number of carbonyl (C=O) groups is 1. The van der Waals surface area contributed by atoms with Crippen molar-refractivity contribution >= 4 is 23.5 Å². The molecule has 0 aliphatic heterocycles. The average molecular weight is 314 g/mol. The maximum atomic E-state index is 11.7. The molecule has 8 nitrogen and oxygen atoms in total. The molecule has 0 aliphatic carbocycles. The van der Waals surface area contributed by atoms with Gasteiger partial charge in [0.25, 0.3) is 0 Å². The van der Waals surface area contributed by atoms with Gasteiger partial charge in [0, 0.05) is 17.3 Å². The number of hydrogen-bond donors (Lipinski definition) is 1. The van der Waals surface area contributed by atoms with E-state index >= 15 is 0 Å². The van der Waals surface area contributed by atoms with Crippen molar-refractivity contribution in [2.24, 2.45) is 5.10 Å². The maximum absolute atomic E-state index is 11.7. The highest BCUT2D eigenvalue weighted by Crippen LogP contribution is 2.11. The van der Waals surface area contributed by atoms with Gasteiger partial charge in [0.1, 0.15) is 12.1 Å². The van der Waals surface area contributed by atoms with E-state index in [0.717, 1.165) is 4.88 Å². The van der Waals surface area contributed by atoms with Crippen LogP contribution in [0.5, 0.6) is 0 Å². The largest absolute Gasteiger partial charge is 0.338 e. The van der Waals surface area contributed by atoms with Crippen LogP contribution in [0.2, 0.25) is 0 Å². The monoisotopic (exact) mass is 314 g/mol. The summed E-state index contributed by atoms with van der Waals surface area (Å²) in [6.45, 7) is 0. The first kappa shape index (κ1) is 14.0. The first-order valence-electron chi connectivity index (χ1n) is 6.25. The molecule has 0 spiro atoms. The minimum Gasteiger partial charge on any atom is -0.338 e. The third kappa shape index (κ3) is 3.58. The van der Waals surface area contributed by atoms with Crippen LogP contribution in [0.15, 0.2) is 45.7 Å². The Hall–Kier alpha value is -2.94. The van der Waals surface area contributed by atoms with Crippen LogP contribution in [0, 0.1) is 0 Å². The van der Waals surface area contributed by atoms with Gasteiger partial charge in [0.15, 0.2) is 0 Å². The van der Waals surface area contributed by atoms with E-state index in [9.17, 15) is 4.79 Å². The minimum atomic E-state index is -0.345. The molecule has 0 saturated heterocycles. The Morgan fingerprint density at radius 1 is 1.45 bits per heavy atom. The highest BCUT2D eigenvalue weighted by atomic mass is 32.1. The molecule has 3 heterocycles. The Morgan fingerprint density at radius 3 is 3.18 bits per heavy atom. The minimum absolute atomic E-state index is 0.0605. The molecule has 3 aromatic heterocycles. The summed E-state index contributed by atoms with van der Waals surface area (Å²) in [4.78, 5) is 24.7. The van der Waals surface area contributed by atoms with E-state index in [1.165, 1.54) is 23.7 Å². The fraction of sp³-hybridized carbons (Fsp3) is 0.0769. The number of thiophene rings is 1. The van der Waals surface area contributed by atoms with E-state index in [4.69, 9.17) is 4.52 Å². The molecule has 0 aromatic carbocycles. The molecule has 0 radical (unpaired) electrons. The third-order valence-corrected chi connectivity index (χ3v) is 3.30. The standard InChI is InChI=1S/C13H10N6O2S/c20-11(18-16-7-9-2-1-5-22-9)6-12-17-13(19-21-12)10-8-14-3-4-15-10/h1-5,7-8H,6H2,(H,18,20)/b16-7+. The zero-order chi connectivity index (χ0) is 15.2. The van der Waals surface area contributed by atoms with Crippen LogP contribution in [-0.2, 0) is 11.2 Å². The van der Waals surface area contributed by atoms with E-state index in [2.05, 4.69) is 30.6 Å². The predicted molar refractivity (Wildman–Crippen MR) is 79.1 cm³/mol. The van der Waals surface area contributed by atoms with Gasteiger partial charge in [0.2, 0.25) is 17.6 Å². The van der Waals surface area contributed by atoms with Crippen molar-refractivity contribution in [1.82, 2.24) is 25.5 Å². The van der Waals surface area contributed by atoms with E-state index in [0.29, 0.717) is 5.69 Å². The lowest BCUT2D eigenvalue weighted by Crippen LogP contribution is -2.19. The van der Waals surface area contributed by atoms with Crippen LogP contribution < -0.4 is 5.43 Å². The molecule has 110 valence electrons. The molecule has 0 atom stereocenters. The molecule has 0 saturated carbocycles. The highest BCUT2D eigenvalue weighted by molar-refractivity contribution is 7.11. The SMILES string of the molecule is O=C(Cc1nc(-c2cnccn2)no1)N/N=C/c1cccs1. The van der Waals surface area contributed by atoms with Crippen LogP contribution in [0.4, 0.5) is 0 Å². The van der Waals surface area contributed by atoms with E-state index in [1.54, 1.807) is 12.4 Å². The van der Waals surface area contributed by atoms with E-state index in [-0.39, 0.29) is 24.0 Å². The van der Waals surface area contributed by atoms with Crippen LogP contribution in [-0.4, -0.2) is 32.2 Å². The molecule has 1 amide bonds. The van der Waals surface area contributed by atoms with Crippen LogP contribution >= 0.6 is 11.3 Å². The number of amides is 1. The fourth-order valence-electron chi connectivity index (χ4n) is 1.55. The number of carbonyl (C=O) groups excluding carboxylic acids is 1. The number of aromatic nitrogens is 4. The summed E-state index contributed by atoms with van der Waals surface area (Å²) in [6.07, 6.45) is 6.09. The van der Waals surface area contributed by atoms with Gasteiger partial charge in [-0.25, -0.2) is 10.4 Å². The molecule has 3 rings (SSSR count). The quantitative estimate of drug-likeness (QED) is 0.561. The summed E-state index contributed by atoms with van der Waals surface area (Å²) in [5, 5.41) is 9.53. The molecular formula is C13H10N6O2S. The van der Waals surface area contributed by atoms with Crippen molar-refractivity contribution in [3.8, 4) is 11.5 Å². The Bertz CT molecular complexity index is 769. The highest BCUT2D eigenvalue weighted by Gasteiger charge is 2.12. The fourth-order valence-corrected chi connectivity index (χ4v) is 2.14. The van der Waals surface area contributed by atoms with Gasteiger partial charge >= 0.3 is 0 Å². The van der Waals surface area contributed by atoms with Crippen molar-refractivity contribution in [3.63, 3.8) is 0 Å². The number of hydrazone groups is 1. The summed E-state index contributed by atoms with van der Waals surface area (Å²) < 4.78 is 5.00. The zero-order valence-corrected chi connectivity index (χ0v) is 12.0. The molecule has 3 aromatic rings. The normalized spacial score (nSPS) is 10.9. The Kier molecular flexibility index (Phi) is 4.25. The first-order valence-corrected chi connectivity index (χ1v) is 7.13. The van der Waals surface area contributed by atoms with E-state index in [1.807, 2.05) is 17.5 Å². The van der Waals surface area contributed by atoms with Crippen molar-refractivity contribution in [2.75, 3.05) is 0 Å². The average Bonchev–Trinajstić information content (AvgIpc) is 3.20. The summed E-state index contributed by atoms with van der Waals surface area (Å²) in [6, 6.07) is 3.80. The zero-order valence-electron chi connectivity index (χ0n) is 11.2. The molecular weight excluding hydrogens is 304 g/mol. The van der Waals surface area contributed by atoms with Gasteiger partial charge < -0.3 is 4.52 Å². The maximum Gasteiger partial charge on any atom is 0.249 e. The molecule has 0 bridgehead atoms. The lowest BCUT2D eigenvalue weighted by molar-refractivity contribution is -0.120. The Balaban J connectivity index is 1.57. The van der Waals surface area contributed by atoms with Crippen LogP contribution in [0.3, 0.4) is 0 Å². The molecule has 0 aliphatic rings. The van der Waals surface area contributed by atoms with Crippen molar-refractivity contribution in [2.45, 2.75) is 6.42 Å². The van der Waals surface area contributed by atoms with E-state index < -0.39 is 0 Å². The lowest BCUT2D eigenvalue weighted by Gasteiger charge is -1.94. The Labute approximate surface area is 128 Å². The van der Waals surface area contributed by atoms with Crippen molar-refractivity contribution in [3.05, 3.63) is 46.9 Å². The van der Waals surface area contributed by atoms with Crippen molar-refractivity contribution < 1.29 is 9.32 Å². The van der Waals surface area contributed by atoms with Gasteiger partial charge in [-0.2, -0.15) is 10.1 Å². The van der Waals surface area contributed by atoms with Gasteiger partial charge in [-0.3, -0.25) is 9.78 Å². The summed E-state index contributed by atoms with van der Waals surface area (Å²) in [5.74, 6) is 0.129. The topological polar surface area (TPSA) is 106 Å². The number of rotatable bonds is 5. The molecule has 22 heavy (non-hydrogen) atoms. The van der Waals surface area contributed by atoms with Gasteiger partial charge in [0.05, 0.1) is 12.4 Å².